The summed E-state index contributed by atoms with van der Waals surface area (Å²) in [5.74, 6) is 0.115. The van der Waals surface area contributed by atoms with Crippen LogP contribution in [0.2, 0.25) is 0 Å². The predicted octanol–water partition coefficient (Wildman–Crippen LogP) is 1.70. The van der Waals surface area contributed by atoms with Crippen LogP contribution in [0.4, 0.5) is 4.79 Å². The number of aromatic nitrogens is 1. The highest BCUT2D eigenvalue weighted by molar-refractivity contribution is 5.97. The Kier molecular flexibility index (Phi) is 8.04. The molecule has 0 saturated carbocycles. The molecule has 1 N–H and O–H groups in total. The molecule has 2 aromatic rings. The largest absolute Gasteiger partial charge is 0.465 e. The number of fused-ring (bicyclic) bond motifs is 1. The number of hydrogen-bond acceptors (Lipinski definition) is 7. The zero-order valence-electron chi connectivity index (χ0n) is 18.9. The molecule has 1 fully saturated rings. The summed E-state index contributed by atoms with van der Waals surface area (Å²) >= 11 is 0. The molecule has 0 unspecified atom stereocenters. The second-order valence-corrected chi connectivity index (χ2v) is 7.49. The molecule has 3 rings (SSSR count). The van der Waals surface area contributed by atoms with E-state index in [0.29, 0.717) is 68.4 Å². The summed E-state index contributed by atoms with van der Waals surface area (Å²) < 4.78 is 10.7. The molecule has 0 spiro atoms. The van der Waals surface area contributed by atoms with E-state index < -0.39 is 5.97 Å². The third kappa shape index (κ3) is 5.76. The van der Waals surface area contributed by atoms with Gasteiger partial charge in [-0.25, -0.2) is 9.78 Å². The van der Waals surface area contributed by atoms with Crippen LogP contribution in [-0.2, 0) is 16.1 Å². The van der Waals surface area contributed by atoms with Crippen molar-refractivity contribution < 1.29 is 23.5 Å². The maximum Gasteiger partial charge on any atom is 0.325 e. The molecule has 1 aromatic heterocycles. The third-order valence-electron chi connectivity index (χ3n) is 5.44. The van der Waals surface area contributed by atoms with Crippen molar-refractivity contribution in [1.29, 1.82) is 0 Å². The van der Waals surface area contributed by atoms with Gasteiger partial charge < -0.3 is 24.3 Å². The Morgan fingerprint density at radius 3 is 2.50 bits per heavy atom. The molecular formula is C22H31N5O5. The lowest BCUT2D eigenvalue weighted by atomic mass is 10.2. The first-order valence-electron chi connectivity index (χ1n) is 11.0. The molecule has 0 bridgehead atoms. The summed E-state index contributed by atoms with van der Waals surface area (Å²) in [5.41, 5.74) is 1.91. The second kappa shape index (κ2) is 10.9. The van der Waals surface area contributed by atoms with Crippen LogP contribution in [-0.4, -0.2) is 90.0 Å². The third-order valence-corrected chi connectivity index (χ3v) is 5.44. The predicted molar refractivity (Wildman–Crippen MR) is 118 cm³/mol. The van der Waals surface area contributed by atoms with Gasteiger partial charge in [0.25, 0.3) is 5.91 Å². The first kappa shape index (κ1) is 23.5. The molecule has 174 valence electrons. The summed E-state index contributed by atoms with van der Waals surface area (Å²) in [4.78, 5) is 46.3. The van der Waals surface area contributed by atoms with Gasteiger partial charge in [0.15, 0.2) is 5.58 Å². The van der Waals surface area contributed by atoms with Crippen LogP contribution >= 0.6 is 0 Å². The highest BCUT2D eigenvalue weighted by atomic mass is 16.5. The SMILES string of the molecule is CCOC(=O)CNC(=O)N1CCN(Cc2nc3cc(C(=O)N(CC)CC)ccc3o2)CC1. The zero-order chi connectivity index (χ0) is 23.1. The molecule has 0 aliphatic carbocycles. The fourth-order valence-electron chi connectivity index (χ4n) is 3.64. The average Bonchev–Trinajstić information content (AvgIpc) is 3.20. The van der Waals surface area contributed by atoms with Crippen LogP contribution in [0.15, 0.2) is 22.6 Å². The van der Waals surface area contributed by atoms with E-state index in [-0.39, 0.29) is 25.1 Å². The molecule has 1 aliphatic rings. The van der Waals surface area contributed by atoms with Crippen molar-refractivity contribution in [2.24, 2.45) is 0 Å². The van der Waals surface area contributed by atoms with Gasteiger partial charge in [-0.2, -0.15) is 0 Å². The van der Waals surface area contributed by atoms with Gasteiger partial charge in [0.1, 0.15) is 12.1 Å². The maximum absolute atomic E-state index is 12.6. The van der Waals surface area contributed by atoms with Crippen molar-refractivity contribution in [2.75, 3.05) is 52.4 Å². The summed E-state index contributed by atoms with van der Waals surface area (Å²) in [6.45, 7) is 10.0. The minimum Gasteiger partial charge on any atom is -0.465 e. The standard InChI is InChI=1S/C22H31N5O5/c1-4-26(5-2)21(29)16-7-8-18-17(13-16)24-19(32-18)15-25-9-11-27(12-10-25)22(30)23-14-20(28)31-6-3/h7-8,13H,4-6,9-12,14-15H2,1-3H3,(H,23,30). The second-order valence-electron chi connectivity index (χ2n) is 7.49. The van der Waals surface area contributed by atoms with Crippen molar-refractivity contribution in [3.05, 3.63) is 29.7 Å². The maximum atomic E-state index is 12.6. The van der Waals surface area contributed by atoms with E-state index in [4.69, 9.17) is 9.15 Å². The molecule has 0 radical (unpaired) electrons. The van der Waals surface area contributed by atoms with Gasteiger partial charge in [0.05, 0.1) is 13.2 Å². The summed E-state index contributed by atoms with van der Waals surface area (Å²) in [5, 5.41) is 2.58. The molecule has 0 atom stereocenters. The van der Waals surface area contributed by atoms with Gasteiger partial charge in [-0.15, -0.1) is 0 Å². The number of carbonyl (C=O) groups excluding carboxylic acids is 3. The van der Waals surface area contributed by atoms with E-state index in [1.54, 1.807) is 34.9 Å². The van der Waals surface area contributed by atoms with Crippen LogP contribution in [0.3, 0.4) is 0 Å². The van der Waals surface area contributed by atoms with E-state index in [2.05, 4.69) is 15.2 Å². The molecule has 10 heteroatoms. The van der Waals surface area contributed by atoms with Crippen molar-refractivity contribution in [1.82, 2.24) is 25.0 Å². The number of oxazole rings is 1. The number of nitrogens with zero attached hydrogens (tertiary/aromatic N) is 4. The van der Waals surface area contributed by atoms with E-state index >= 15 is 0 Å². The van der Waals surface area contributed by atoms with Gasteiger partial charge in [-0.1, -0.05) is 0 Å². The van der Waals surface area contributed by atoms with Crippen molar-refractivity contribution in [3.8, 4) is 0 Å². The summed E-state index contributed by atoms with van der Waals surface area (Å²) in [6.07, 6.45) is 0. The first-order valence-corrected chi connectivity index (χ1v) is 11.0. The molecule has 10 nitrogen and oxygen atoms in total. The highest BCUT2D eigenvalue weighted by Crippen LogP contribution is 2.20. The number of carbonyl (C=O) groups is 3. The van der Waals surface area contributed by atoms with Crippen LogP contribution < -0.4 is 5.32 Å². The number of urea groups is 1. The van der Waals surface area contributed by atoms with E-state index in [0.717, 1.165) is 0 Å². The van der Waals surface area contributed by atoms with Gasteiger partial charge in [-0.3, -0.25) is 14.5 Å². The Labute approximate surface area is 187 Å². The lowest BCUT2D eigenvalue weighted by molar-refractivity contribution is -0.141. The number of benzene rings is 1. The van der Waals surface area contributed by atoms with Gasteiger partial charge >= 0.3 is 12.0 Å². The molecule has 1 aromatic carbocycles. The van der Waals surface area contributed by atoms with Gasteiger partial charge in [0, 0.05) is 44.8 Å². The number of rotatable bonds is 8. The molecule has 1 saturated heterocycles. The Hall–Kier alpha value is -3.14. The van der Waals surface area contributed by atoms with Gasteiger partial charge in [-0.05, 0) is 39.0 Å². The number of nitrogens with one attached hydrogen (secondary N) is 1. The molecule has 1 aliphatic heterocycles. The minimum atomic E-state index is -0.447. The molecule has 3 amide bonds. The van der Waals surface area contributed by atoms with E-state index in [1.807, 2.05) is 13.8 Å². The molecule has 2 heterocycles. The molecular weight excluding hydrogens is 414 g/mol. The quantitative estimate of drug-likeness (QED) is 0.616. The number of amides is 3. The number of hydrogen-bond donors (Lipinski definition) is 1. The monoisotopic (exact) mass is 445 g/mol. The Balaban J connectivity index is 1.53. The highest BCUT2D eigenvalue weighted by Gasteiger charge is 2.23. The summed E-state index contributed by atoms with van der Waals surface area (Å²) in [6, 6.07) is 5.06. The fourth-order valence-corrected chi connectivity index (χ4v) is 3.64. The van der Waals surface area contributed by atoms with Crippen LogP contribution in [0.1, 0.15) is 37.0 Å². The Bertz CT molecular complexity index is 947. The van der Waals surface area contributed by atoms with E-state index in [1.165, 1.54) is 0 Å². The normalized spacial score (nSPS) is 14.4. The first-order chi connectivity index (χ1) is 15.4. The molecule has 32 heavy (non-hydrogen) atoms. The smallest absolute Gasteiger partial charge is 0.325 e. The Morgan fingerprint density at radius 1 is 1.12 bits per heavy atom. The number of ether oxygens (including phenoxy) is 1. The zero-order valence-corrected chi connectivity index (χ0v) is 18.9. The lowest BCUT2D eigenvalue weighted by Gasteiger charge is -2.33. The lowest BCUT2D eigenvalue weighted by Crippen LogP contribution is -2.52. The average molecular weight is 446 g/mol. The Morgan fingerprint density at radius 2 is 1.84 bits per heavy atom. The fraction of sp³-hybridized carbons (Fsp3) is 0.545. The van der Waals surface area contributed by atoms with Crippen LogP contribution in [0.5, 0.6) is 0 Å². The van der Waals surface area contributed by atoms with Crippen LogP contribution in [0.25, 0.3) is 11.1 Å². The number of piperazine rings is 1. The minimum absolute atomic E-state index is 0.0150. The van der Waals surface area contributed by atoms with E-state index in [9.17, 15) is 14.4 Å². The topological polar surface area (TPSA) is 108 Å². The van der Waals surface area contributed by atoms with Crippen molar-refractivity contribution in [2.45, 2.75) is 27.3 Å². The summed E-state index contributed by atoms with van der Waals surface area (Å²) in [7, 11) is 0. The van der Waals surface area contributed by atoms with Crippen LogP contribution in [0, 0.1) is 0 Å². The van der Waals surface area contributed by atoms with Crippen molar-refractivity contribution >= 4 is 29.0 Å². The number of esters is 1. The van der Waals surface area contributed by atoms with Gasteiger partial charge in [0.2, 0.25) is 5.89 Å². The van der Waals surface area contributed by atoms with Crippen molar-refractivity contribution in [3.63, 3.8) is 0 Å².